The van der Waals surface area contributed by atoms with Gasteiger partial charge in [-0.1, -0.05) is 0 Å². The van der Waals surface area contributed by atoms with Crippen LogP contribution >= 0.6 is 11.3 Å². The second kappa shape index (κ2) is 11.4. The van der Waals surface area contributed by atoms with Crippen LogP contribution in [0, 0.1) is 10.1 Å². The molecule has 2 rings (SSSR count). The van der Waals surface area contributed by atoms with E-state index in [9.17, 15) is 24.5 Å². The molecule has 1 aromatic heterocycles. The third kappa shape index (κ3) is 7.87. The van der Waals surface area contributed by atoms with Crippen molar-refractivity contribution in [1.29, 1.82) is 0 Å². The molecule has 0 fully saturated rings. The van der Waals surface area contributed by atoms with Gasteiger partial charge in [-0.2, -0.15) is 0 Å². The van der Waals surface area contributed by atoms with Crippen LogP contribution < -0.4 is 21.3 Å². The number of carboxylic acid groups (broad SMARTS) is 1. The van der Waals surface area contributed by atoms with Crippen molar-refractivity contribution >= 4 is 50.8 Å². The number of nitro groups is 1. The average Bonchev–Trinajstić information content (AvgIpc) is 3.15. The van der Waals surface area contributed by atoms with Gasteiger partial charge < -0.3 is 25.8 Å². The molecule has 3 amide bonds. The Bertz CT molecular complexity index is 964. The van der Waals surface area contributed by atoms with Gasteiger partial charge in [-0.05, 0) is 29.5 Å². The predicted molar refractivity (Wildman–Crippen MR) is 113 cm³/mol. The number of ether oxygens (including phenoxy) is 1. The molecule has 1 aromatic carbocycles. The number of benzene rings is 1. The number of carbonyl (C=O) groups excluding carboxylic acids is 2. The van der Waals surface area contributed by atoms with Crippen molar-refractivity contribution in [2.45, 2.75) is 6.92 Å². The van der Waals surface area contributed by atoms with Crippen molar-refractivity contribution in [1.82, 2.24) is 10.3 Å². The third-order valence-electron chi connectivity index (χ3n) is 3.57. The number of amides is 3. The van der Waals surface area contributed by atoms with Crippen LogP contribution in [0.25, 0.3) is 0 Å². The zero-order valence-electron chi connectivity index (χ0n) is 16.3. The highest BCUT2D eigenvalue weighted by Crippen LogP contribution is 2.27. The summed E-state index contributed by atoms with van der Waals surface area (Å²) in [5.74, 6) is -0.973. The van der Waals surface area contributed by atoms with Gasteiger partial charge in [0, 0.05) is 25.7 Å². The minimum atomic E-state index is -1.12. The number of thiazole rings is 1. The maximum atomic E-state index is 12.6. The van der Waals surface area contributed by atoms with Crippen molar-refractivity contribution in [2.24, 2.45) is 0 Å². The second-order valence-electron chi connectivity index (χ2n) is 5.93. The summed E-state index contributed by atoms with van der Waals surface area (Å²) in [6.45, 7) is 2.40. The van der Waals surface area contributed by atoms with E-state index in [1.807, 2.05) is 0 Å². The van der Waals surface area contributed by atoms with Crippen LogP contribution in [0.1, 0.15) is 17.3 Å². The molecule has 1 heterocycles. The summed E-state index contributed by atoms with van der Waals surface area (Å²) in [6.07, 6.45) is -0.0774. The second-order valence-corrected chi connectivity index (χ2v) is 6.94. The van der Waals surface area contributed by atoms with Crippen LogP contribution in [0.2, 0.25) is 0 Å². The molecular formula is C17H20N6O7S. The van der Waals surface area contributed by atoms with Crippen LogP contribution in [0.4, 0.5) is 26.3 Å². The first-order chi connectivity index (χ1) is 14.8. The molecule has 0 aliphatic rings. The highest BCUT2D eigenvalue weighted by atomic mass is 32.1. The first-order valence-electron chi connectivity index (χ1n) is 8.88. The highest BCUT2D eigenvalue weighted by Gasteiger charge is 2.17. The molecule has 0 aliphatic carbocycles. The lowest BCUT2D eigenvalue weighted by atomic mass is 10.1. The van der Waals surface area contributed by atoms with E-state index in [-0.39, 0.29) is 40.4 Å². The summed E-state index contributed by atoms with van der Waals surface area (Å²) in [5.41, 5.74) is 1.000. The van der Waals surface area contributed by atoms with Crippen molar-refractivity contribution in [2.75, 3.05) is 42.3 Å². The fraction of sp³-hybridized carbons (Fsp3) is 0.294. The Morgan fingerprint density at radius 2 is 1.97 bits per heavy atom. The van der Waals surface area contributed by atoms with Gasteiger partial charge in [0.25, 0.3) is 5.91 Å². The van der Waals surface area contributed by atoms with Gasteiger partial charge in [0.1, 0.15) is 6.20 Å². The van der Waals surface area contributed by atoms with E-state index in [0.717, 1.165) is 6.20 Å². The molecule has 5 N–H and O–H groups in total. The monoisotopic (exact) mass is 452 g/mol. The van der Waals surface area contributed by atoms with E-state index in [1.54, 1.807) is 12.1 Å². The first-order valence-corrected chi connectivity index (χ1v) is 9.69. The van der Waals surface area contributed by atoms with Crippen molar-refractivity contribution in [3.05, 3.63) is 40.1 Å². The highest BCUT2D eigenvalue weighted by molar-refractivity contribution is 7.18. The predicted octanol–water partition coefficient (Wildman–Crippen LogP) is 1.96. The topological polar surface area (TPSA) is 185 Å². The maximum absolute atomic E-state index is 12.6. The number of nitrogens with one attached hydrogen (secondary N) is 4. The molecule has 0 radical (unpaired) electrons. The summed E-state index contributed by atoms with van der Waals surface area (Å²) in [6, 6.07) is 4.67. The zero-order valence-corrected chi connectivity index (χ0v) is 17.2. The van der Waals surface area contributed by atoms with Gasteiger partial charge in [-0.3, -0.25) is 25.0 Å². The third-order valence-corrected chi connectivity index (χ3v) is 4.43. The molecule has 0 bridgehead atoms. The van der Waals surface area contributed by atoms with E-state index in [2.05, 4.69) is 26.3 Å². The molecule has 13 nitrogen and oxygen atoms in total. The van der Waals surface area contributed by atoms with E-state index < -0.39 is 16.9 Å². The van der Waals surface area contributed by atoms with E-state index in [4.69, 9.17) is 9.84 Å². The normalized spacial score (nSPS) is 10.2. The first kappa shape index (κ1) is 23.5. The number of anilines is 3. The summed E-state index contributed by atoms with van der Waals surface area (Å²) in [5, 5.41) is 29.3. The Morgan fingerprint density at radius 1 is 1.23 bits per heavy atom. The average molecular weight is 452 g/mol. The van der Waals surface area contributed by atoms with Crippen molar-refractivity contribution in [3.63, 3.8) is 0 Å². The number of hydrogen-bond acceptors (Lipinski definition) is 9. The number of nitrogens with zero attached hydrogens (tertiary/aromatic N) is 2. The van der Waals surface area contributed by atoms with Crippen molar-refractivity contribution < 1.29 is 29.2 Å². The molecule has 14 heteroatoms. The fourth-order valence-corrected chi connectivity index (χ4v) is 2.94. The number of carbonyl (C=O) groups is 3. The Labute approximate surface area is 180 Å². The maximum Gasteiger partial charge on any atom is 0.404 e. The Balaban J connectivity index is 1.98. The summed E-state index contributed by atoms with van der Waals surface area (Å²) in [7, 11) is 0. The van der Waals surface area contributed by atoms with Gasteiger partial charge in [0.15, 0.2) is 5.13 Å². The van der Waals surface area contributed by atoms with E-state index in [1.165, 1.54) is 13.0 Å². The summed E-state index contributed by atoms with van der Waals surface area (Å²) < 4.78 is 5.27. The molecule has 0 aliphatic heterocycles. The lowest BCUT2D eigenvalue weighted by Crippen LogP contribution is -2.25. The van der Waals surface area contributed by atoms with Crippen LogP contribution in [0.5, 0.6) is 0 Å². The molecule has 0 saturated heterocycles. The zero-order chi connectivity index (χ0) is 22.8. The number of hydrogen-bond donors (Lipinski definition) is 5. The quantitative estimate of drug-likeness (QED) is 0.193. The molecule has 2 aromatic rings. The minimum Gasteiger partial charge on any atom is -0.465 e. The summed E-state index contributed by atoms with van der Waals surface area (Å²) in [4.78, 5) is 48.3. The van der Waals surface area contributed by atoms with E-state index in [0.29, 0.717) is 30.2 Å². The van der Waals surface area contributed by atoms with Gasteiger partial charge in [0.2, 0.25) is 5.91 Å². The van der Waals surface area contributed by atoms with Gasteiger partial charge >= 0.3 is 11.1 Å². The van der Waals surface area contributed by atoms with Gasteiger partial charge in [-0.25, -0.2) is 9.78 Å². The van der Waals surface area contributed by atoms with E-state index >= 15 is 0 Å². The molecule has 166 valence electrons. The summed E-state index contributed by atoms with van der Waals surface area (Å²) >= 11 is 0.715. The van der Waals surface area contributed by atoms with Gasteiger partial charge in [0.05, 0.1) is 29.4 Å². The van der Waals surface area contributed by atoms with Crippen LogP contribution in [0.15, 0.2) is 24.4 Å². The van der Waals surface area contributed by atoms with Crippen LogP contribution in [-0.4, -0.2) is 59.2 Å². The van der Waals surface area contributed by atoms with Crippen LogP contribution in [0.3, 0.4) is 0 Å². The Hall–Kier alpha value is -3.78. The van der Waals surface area contributed by atoms with Gasteiger partial charge in [-0.15, -0.1) is 0 Å². The lowest BCUT2D eigenvalue weighted by Gasteiger charge is -2.13. The Morgan fingerprint density at radius 3 is 2.61 bits per heavy atom. The fourth-order valence-electron chi connectivity index (χ4n) is 2.32. The standard InChI is InChI=1S/C17H20N6O7S/c1-10(24)21-13-8-11(18-4-6-30-7-5-19-17(26)27)2-3-12(13)15(25)22-16-20-9-14(31-16)23(28)29/h2-3,8-9,18-19H,4-7H2,1H3,(H,21,24)(H,26,27)(H,20,22,25). The van der Waals surface area contributed by atoms with Crippen molar-refractivity contribution in [3.8, 4) is 0 Å². The van der Waals surface area contributed by atoms with Crippen LogP contribution in [-0.2, 0) is 9.53 Å². The Kier molecular flexibility index (Phi) is 8.65. The minimum absolute atomic E-state index is 0.0576. The largest absolute Gasteiger partial charge is 0.465 e. The molecular weight excluding hydrogens is 432 g/mol. The molecule has 0 unspecified atom stereocenters. The number of aromatic nitrogens is 1. The molecule has 0 saturated carbocycles. The molecule has 31 heavy (non-hydrogen) atoms. The molecule has 0 atom stereocenters. The SMILES string of the molecule is CC(=O)Nc1cc(NCCOCCNC(=O)O)ccc1C(=O)Nc1ncc([N+](=O)[O-])s1. The lowest BCUT2D eigenvalue weighted by molar-refractivity contribution is -0.380. The molecule has 0 spiro atoms. The number of rotatable bonds is 11. The smallest absolute Gasteiger partial charge is 0.404 e.